The molecule has 5 nitrogen and oxygen atoms in total. The van der Waals surface area contributed by atoms with Crippen LogP contribution in [0.3, 0.4) is 0 Å². The second-order valence-electron chi connectivity index (χ2n) is 4.95. The summed E-state index contributed by atoms with van der Waals surface area (Å²) in [4.78, 5) is 6.22. The summed E-state index contributed by atoms with van der Waals surface area (Å²) in [6.45, 7) is 5.06. The van der Waals surface area contributed by atoms with E-state index in [-0.39, 0.29) is 23.9 Å². The van der Waals surface area contributed by atoms with Crippen LogP contribution in [0.2, 0.25) is 0 Å². The number of nitrogens with one attached hydrogen (secondary N) is 1. The molecule has 1 rings (SSSR count). The summed E-state index contributed by atoms with van der Waals surface area (Å²) in [7, 11) is -1.15. The standard InChI is InChI=1S/C15H24FN3O2S/c1-4-17-15(18-10-11-22(20,21)5-2)19(3)12-13-6-8-14(16)9-7-13/h6-9H,4-5,10-12H2,1-3H3,(H,17,18). The lowest BCUT2D eigenvalue weighted by atomic mass is 10.2. The lowest BCUT2D eigenvalue weighted by molar-refractivity contribution is 0.477. The van der Waals surface area contributed by atoms with Crippen LogP contribution in [-0.4, -0.2) is 50.9 Å². The molecule has 0 spiro atoms. The predicted octanol–water partition coefficient (Wildman–Crippen LogP) is 1.66. The van der Waals surface area contributed by atoms with Gasteiger partial charge in [0.1, 0.15) is 5.82 Å². The van der Waals surface area contributed by atoms with Gasteiger partial charge in [0, 0.05) is 25.9 Å². The topological polar surface area (TPSA) is 61.8 Å². The molecule has 0 bridgehead atoms. The van der Waals surface area contributed by atoms with E-state index in [1.165, 1.54) is 12.1 Å². The highest BCUT2D eigenvalue weighted by atomic mass is 32.2. The molecule has 1 aromatic rings. The van der Waals surface area contributed by atoms with Crippen molar-refractivity contribution < 1.29 is 12.8 Å². The quantitative estimate of drug-likeness (QED) is 0.610. The van der Waals surface area contributed by atoms with Gasteiger partial charge in [0.25, 0.3) is 0 Å². The number of benzene rings is 1. The highest BCUT2D eigenvalue weighted by molar-refractivity contribution is 7.91. The number of halogens is 1. The molecule has 124 valence electrons. The van der Waals surface area contributed by atoms with Gasteiger partial charge in [-0.3, -0.25) is 4.99 Å². The summed E-state index contributed by atoms with van der Waals surface area (Å²) >= 11 is 0. The molecule has 0 aromatic heterocycles. The van der Waals surface area contributed by atoms with Crippen molar-refractivity contribution in [2.45, 2.75) is 20.4 Å². The number of hydrogen-bond donors (Lipinski definition) is 1. The first-order valence-electron chi connectivity index (χ1n) is 7.32. The third-order valence-corrected chi connectivity index (χ3v) is 4.82. The smallest absolute Gasteiger partial charge is 0.193 e. The van der Waals surface area contributed by atoms with Crippen LogP contribution in [0.4, 0.5) is 4.39 Å². The van der Waals surface area contributed by atoms with E-state index in [0.29, 0.717) is 19.0 Å². The van der Waals surface area contributed by atoms with E-state index in [1.807, 2.05) is 18.9 Å². The molecule has 7 heteroatoms. The minimum Gasteiger partial charge on any atom is -0.357 e. The predicted molar refractivity (Wildman–Crippen MR) is 88.2 cm³/mol. The zero-order valence-electron chi connectivity index (χ0n) is 13.3. The van der Waals surface area contributed by atoms with E-state index in [2.05, 4.69) is 10.3 Å². The van der Waals surface area contributed by atoms with Crippen LogP contribution in [0.1, 0.15) is 19.4 Å². The lowest BCUT2D eigenvalue weighted by Crippen LogP contribution is -2.38. The molecule has 0 heterocycles. The fourth-order valence-electron chi connectivity index (χ4n) is 1.84. The second kappa shape index (κ2) is 8.73. The van der Waals surface area contributed by atoms with Crippen molar-refractivity contribution in [1.29, 1.82) is 0 Å². The zero-order valence-corrected chi connectivity index (χ0v) is 14.2. The minimum absolute atomic E-state index is 0.0444. The Kier molecular flexibility index (Phi) is 7.31. The Morgan fingerprint density at radius 3 is 2.45 bits per heavy atom. The van der Waals surface area contributed by atoms with E-state index >= 15 is 0 Å². The third-order valence-electron chi connectivity index (χ3n) is 3.13. The van der Waals surface area contributed by atoms with Crippen LogP contribution in [0.15, 0.2) is 29.3 Å². The maximum atomic E-state index is 12.9. The number of guanidine groups is 1. The first kappa shape index (κ1) is 18.4. The van der Waals surface area contributed by atoms with Crippen LogP contribution in [0.5, 0.6) is 0 Å². The van der Waals surface area contributed by atoms with Crippen molar-refractivity contribution in [3.63, 3.8) is 0 Å². The minimum atomic E-state index is -3.01. The molecular formula is C15H24FN3O2S. The highest BCUT2D eigenvalue weighted by Gasteiger charge is 2.09. The van der Waals surface area contributed by atoms with E-state index in [0.717, 1.165) is 5.56 Å². The van der Waals surface area contributed by atoms with Gasteiger partial charge in [-0.1, -0.05) is 19.1 Å². The van der Waals surface area contributed by atoms with Gasteiger partial charge in [-0.25, -0.2) is 12.8 Å². The second-order valence-corrected chi connectivity index (χ2v) is 7.43. The van der Waals surface area contributed by atoms with Gasteiger partial charge in [-0.15, -0.1) is 0 Å². The summed E-state index contributed by atoms with van der Waals surface area (Å²) < 4.78 is 35.9. The van der Waals surface area contributed by atoms with Gasteiger partial charge in [-0.2, -0.15) is 0 Å². The number of rotatable bonds is 7. The van der Waals surface area contributed by atoms with Gasteiger partial charge in [0.05, 0.1) is 12.3 Å². The molecule has 22 heavy (non-hydrogen) atoms. The molecule has 0 saturated heterocycles. The van der Waals surface area contributed by atoms with Crippen molar-refractivity contribution in [1.82, 2.24) is 10.2 Å². The molecule has 1 N–H and O–H groups in total. The van der Waals surface area contributed by atoms with Gasteiger partial charge < -0.3 is 10.2 Å². The van der Waals surface area contributed by atoms with Gasteiger partial charge in [0.2, 0.25) is 0 Å². The molecule has 0 aliphatic rings. The van der Waals surface area contributed by atoms with E-state index < -0.39 is 9.84 Å². The van der Waals surface area contributed by atoms with Gasteiger partial charge in [-0.05, 0) is 24.6 Å². The monoisotopic (exact) mass is 329 g/mol. The molecule has 0 amide bonds. The first-order chi connectivity index (χ1) is 10.4. The fraction of sp³-hybridized carbons (Fsp3) is 0.533. The Morgan fingerprint density at radius 1 is 1.27 bits per heavy atom. The Morgan fingerprint density at radius 2 is 1.91 bits per heavy atom. The molecule has 0 radical (unpaired) electrons. The first-order valence-corrected chi connectivity index (χ1v) is 9.14. The largest absolute Gasteiger partial charge is 0.357 e. The Bertz CT molecular complexity index is 585. The van der Waals surface area contributed by atoms with Crippen LogP contribution in [-0.2, 0) is 16.4 Å². The lowest BCUT2D eigenvalue weighted by Gasteiger charge is -2.22. The van der Waals surface area contributed by atoms with E-state index in [1.54, 1.807) is 19.1 Å². The average Bonchev–Trinajstić information content (AvgIpc) is 2.48. The Hall–Kier alpha value is -1.63. The third kappa shape index (κ3) is 6.43. The molecule has 0 atom stereocenters. The van der Waals surface area contributed by atoms with Crippen molar-refractivity contribution in [2.75, 3.05) is 31.6 Å². The van der Waals surface area contributed by atoms with Crippen LogP contribution < -0.4 is 5.32 Å². The molecule has 0 aliphatic heterocycles. The van der Waals surface area contributed by atoms with E-state index in [4.69, 9.17) is 0 Å². The molecule has 0 fully saturated rings. The van der Waals surface area contributed by atoms with Crippen molar-refractivity contribution in [3.8, 4) is 0 Å². The molecule has 0 aliphatic carbocycles. The number of hydrogen-bond acceptors (Lipinski definition) is 3. The Labute approximate surface area is 132 Å². The normalized spacial score (nSPS) is 12.3. The number of nitrogens with zero attached hydrogens (tertiary/aromatic N) is 2. The fourth-order valence-corrected chi connectivity index (χ4v) is 2.50. The SMILES string of the molecule is CCNC(=NCCS(=O)(=O)CC)N(C)Cc1ccc(F)cc1. The molecule has 0 unspecified atom stereocenters. The van der Waals surface area contributed by atoms with Crippen LogP contribution in [0.25, 0.3) is 0 Å². The summed E-state index contributed by atoms with van der Waals surface area (Å²) in [6, 6.07) is 6.27. The summed E-state index contributed by atoms with van der Waals surface area (Å²) in [5.41, 5.74) is 0.954. The summed E-state index contributed by atoms with van der Waals surface area (Å²) in [5, 5.41) is 3.13. The molecular weight excluding hydrogens is 305 g/mol. The maximum Gasteiger partial charge on any atom is 0.193 e. The van der Waals surface area contributed by atoms with Crippen molar-refractivity contribution in [3.05, 3.63) is 35.6 Å². The van der Waals surface area contributed by atoms with Crippen LogP contribution >= 0.6 is 0 Å². The molecule has 0 saturated carbocycles. The van der Waals surface area contributed by atoms with Crippen molar-refractivity contribution in [2.24, 2.45) is 4.99 Å². The highest BCUT2D eigenvalue weighted by Crippen LogP contribution is 2.05. The summed E-state index contributed by atoms with van der Waals surface area (Å²) in [5.74, 6) is 0.544. The van der Waals surface area contributed by atoms with Crippen molar-refractivity contribution >= 4 is 15.8 Å². The van der Waals surface area contributed by atoms with Gasteiger partial charge >= 0.3 is 0 Å². The van der Waals surface area contributed by atoms with Gasteiger partial charge in [0.15, 0.2) is 15.8 Å². The van der Waals surface area contributed by atoms with Crippen LogP contribution in [0, 0.1) is 5.82 Å². The average molecular weight is 329 g/mol. The summed E-state index contributed by atoms with van der Waals surface area (Å²) in [6.07, 6.45) is 0. The van der Waals surface area contributed by atoms with E-state index in [9.17, 15) is 12.8 Å². The number of sulfone groups is 1. The molecule has 1 aromatic carbocycles. The zero-order chi connectivity index (χ0) is 16.6. The Balaban J connectivity index is 2.70. The number of aliphatic imine (C=N–C) groups is 1. The maximum absolute atomic E-state index is 12.9.